The first kappa shape index (κ1) is 23.6. The van der Waals surface area contributed by atoms with Crippen molar-refractivity contribution in [2.24, 2.45) is 0 Å². The maximum atomic E-state index is 12.8. The van der Waals surface area contributed by atoms with Gasteiger partial charge < -0.3 is 18.7 Å². The van der Waals surface area contributed by atoms with E-state index in [2.05, 4.69) is 33.9 Å². The molecular weight excluding hydrogens is 366 g/mol. The van der Waals surface area contributed by atoms with Crippen LogP contribution in [0.4, 0.5) is 4.79 Å². The molecule has 1 rings (SSSR count). The number of hydrogen-bond donors (Lipinski definition) is 0. The summed E-state index contributed by atoms with van der Waals surface area (Å²) in [5.74, 6) is -0.530. The van der Waals surface area contributed by atoms with E-state index in [1.54, 1.807) is 20.8 Å². The van der Waals surface area contributed by atoms with Gasteiger partial charge in [-0.15, -0.1) is 0 Å². The van der Waals surface area contributed by atoms with Crippen molar-refractivity contribution in [1.82, 2.24) is 4.90 Å². The lowest BCUT2D eigenvalue weighted by atomic mass is 10.1. The number of amides is 1. The Morgan fingerprint density at radius 2 is 1.70 bits per heavy atom. The largest absolute Gasteiger partial charge is 0.467 e. The van der Waals surface area contributed by atoms with E-state index in [1.807, 2.05) is 0 Å². The Hall–Kier alpha value is -1.41. The third kappa shape index (κ3) is 5.78. The van der Waals surface area contributed by atoms with E-state index < -0.39 is 44.2 Å². The molecule has 1 aliphatic rings. The molecule has 7 nitrogen and oxygen atoms in total. The van der Waals surface area contributed by atoms with Crippen LogP contribution in [0.3, 0.4) is 0 Å². The monoisotopic (exact) mass is 401 g/mol. The predicted octanol–water partition coefficient (Wildman–Crippen LogP) is 3.52. The van der Waals surface area contributed by atoms with Crippen LogP contribution in [0.1, 0.15) is 54.4 Å². The zero-order valence-corrected chi connectivity index (χ0v) is 19.1. The number of esters is 1. The van der Waals surface area contributed by atoms with E-state index in [0.29, 0.717) is 0 Å². The van der Waals surface area contributed by atoms with Crippen molar-refractivity contribution in [2.75, 3.05) is 7.11 Å². The van der Waals surface area contributed by atoms with Crippen molar-refractivity contribution in [3.63, 3.8) is 0 Å². The first-order valence-electron chi connectivity index (χ1n) is 9.35. The van der Waals surface area contributed by atoms with Crippen LogP contribution in [0.15, 0.2) is 0 Å². The molecule has 1 aliphatic heterocycles. The van der Waals surface area contributed by atoms with E-state index in [0.717, 1.165) is 6.29 Å². The zero-order valence-electron chi connectivity index (χ0n) is 18.1. The Balaban J connectivity index is 3.25. The third-order valence-corrected chi connectivity index (χ3v) is 9.75. The smallest absolute Gasteiger partial charge is 0.411 e. The van der Waals surface area contributed by atoms with Gasteiger partial charge in [0, 0.05) is 12.8 Å². The van der Waals surface area contributed by atoms with Crippen molar-refractivity contribution in [1.29, 1.82) is 0 Å². The van der Waals surface area contributed by atoms with Crippen molar-refractivity contribution in [3.8, 4) is 0 Å². The number of carbonyl (C=O) groups excluding carboxylic acids is 3. The number of carbonyl (C=O) groups is 3. The van der Waals surface area contributed by atoms with Crippen molar-refractivity contribution < 1.29 is 28.3 Å². The SMILES string of the molecule is COC(=O)[C@@H]1C[C@@H](O[Si](C)(C)C(C)(C)C)[C@@H](CC=O)N1C(=O)OC(C)(C)C. The molecule has 8 heteroatoms. The highest BCUT2D eigenvalue weighted by molar-refractivity contribution is 6.74. The highest BCUT2D eigenvalue weighted by atomic mass is 28.4. The van der Waals surface area contributed by atoms with Crippen LogP contribution in [-0.4, -0.2) is 62.5 Å². The fraction of sp³-hybridized carbons (Fsp3) is 0.842. The average Bonchev–Trinajstić information content (AvgIpc) is 2.82. The van der Waals surface area contributed by atoms with Gasteiger partial charge in [0.15, 0.2) is 8.32 Å². The van der Waals surface area contributed by atoms with Crippen molar-refractivity contribution in [3.05, 3.63) is 0 Å². The lowest BCUT2D eigenvalue weighted by molar-refractivity contribution is -0.146. The van der Waals surface area contributed by atoms with Gasteiger partial charge in [0.1, 0.15) is 17.9 Å². The zero-order chi connectivity index (χ0) is 21.2. The maximum Gasteiger partial charge on any atom is 0.411 e. The first-order valence-corrected chi connectivity index (χ1v) is 12.3. The summed E-state index contributed by atoms with van der Waals surface area (Å²) in [6.07, 6.45) is 0.0610. The van der Waals surface area contributed by atoms with Gasteiger partial charge in [0.05, 0.1) is 19.3 Å². The van der Waals surface area contributed by atoms with Crippen LogP contribution >= 0.6 is 0 Å². The Bertz CT molecular complexity index is 564. The average molecular weight is 402 g/mol. The summed E-state index contributed by atoms with van der Waals surface area (Å²) in [6, 6.07) is -1.39. The number of hydrogen-bond acceptors (Lipinski definition) is 6. The highest BCUT2D eigenvalue weighted by Gasteiger charge is 2.52. The van der Waals surface area contributed by atoms with Crippen LogP contribution in [0.5, 0.6) is 0 Å². The summed E-state index contributed by atoms with van der Waals surface area (Å²) in [5.41, 5.74) is -0.720. The molecule has 1 amide bonds. The molecule has 0 aliphatic carbocycles. The Morgan fingerprint density at radius 3 is 2.11 bits per heavy atom. The van der Waals surface area contributed by atoms with Crippen LogP contribution in [0.25, 0.3) is 0 Å². The Kier molecular flexibility index (Phi) is 7.27. The minimum atomic E-state index is -2.17. The lowest BCUT2D eigenvalue weighted by Gasteiger charge is -2.40. The molecule has 1 heterocycles. The maximum absolute atomic E-state index is 12.8. The summed E-state index contributed by atoms with van der Waals surface area (Å²) in [7, 11) is -0.889. The highest BCUT2D eigenvalue weighted by Crippen LogP contribution is 2.41. The molecule has 1 saturated heterocycles. The molecule has 0 aromatic rings. The molecule has 0 spiro atoms. The van der Waals surface area contributed by atoms with Gasteiger partial charge in [-0.3, -0.25) is 4.90 Å². The minimum absolute atomic E-state index is 0.0428. The fourth-order valence-corrected chi connectivity index (χ4v) is 4.23. The Labute approximate surface area is 163 Å². The molecule has 27 heavy (non-hydrogen) atoms. The number of likely N-dealkylation sites (tertiary alicyclic amines) is 1. The van der Waals surface area contributed by atoms with Crippen LogP contribution in [-0.2, 0) is 23.5 Å². The molecule has 3 atom stereocenters. The van der Waals surface area contributed by atoms with Gasteiger partial charge >= 0.3 is 12.1 Å². The molecule has 0 N–H and O–H groups in total. The van der Waals surface area contributed by atoms with E-state index in [-0.39, 0.29) is 17.9 Å². The molecule has 156 valence electrons. The molecule has 0 aromatic heterocycles. The first-order chi connectivity index (χ1) is 12.1. The standard InChI is InChI=1S/C19H35NO6Si/c1-18(2,3)25-17(23)20-13(10-11-21)15(12-14(20)16(22)24-7)26-27(8,9)19(4,5)6/h11,13-15H,10,12H2,1-9H3/t13-,14+,15-/m1/s1. The molecular formula is C19H35NO6Si. The van der Waals surface area contributed by atoms with E-state index >= 15 is 0 Å². The molecule has 0 bridgehead atoms. The predicted molar refractivity (Wildman–Crippen MR) is 105 cm³/mol. The van der Waals surface area contributed by atoms with Gasteiger partial charge in [-0.2, -0.15) is 0 Å². The number of methoxy groups -OCH3 is 1. The van der Waals surface area contributed by atoms with E-state index in [4.69, 9.17) is 13.9 Å². The van der Waals surface area contributed by atoms with Crippen molar-refractivity contribution in [2.45, 2.75) is 96.3 Å². The Morgan fingerprint density at radius 1 is 1.15 bits per heavy atom. The third-order valence-electron chi connectivity index (χ3n) is 5.25. The molecule has 0 saturated carbocycles. The molecule has 1 fully saturated rings. The summed E-state index contributed by atoms with van der Waals surface area (Å²) in [6.45, 7) is 15.8. The second-order valence-electron chi connectivity index (χ2n) is 9.55. The van der Waals surface area contributed by atoms with Crippen molar-refractivity contribution >= 4 is 26.7 Å². The van der Waals surface area contributed by atoms with E-state index in [1.165, 1.54) is 12.0 Å². The molecule has 0 aromatic carbocycles. The van der Waals surface area contributed by atoms with Crippen LogP contribution in [0, 0.1) is 0 Å². The van der Waals surface area contributed by atoms with Gasteiger partial charge in [-0.25, -0.2) is 9.59 Å². The number of nitrogens with zero attached hydrogens (tertiary/aromatic N) is 1. The topological polar surface area (TPSA) is 82.1 Å². The van der Waals surface area contributed by atoms with Gasteiger partial charge in [-0.1, -0.05) is 20.8 Å². The van der Waals surface area contributed by atoms with Gasteiger partial charge in [0.25, 0.3) is 0 Å². The normalized spacial score (nSPS) is 23.9. The van der Waals surface area contributed by atoms with Crippen LogP contribution in [0.2, 0.25) is 18.1 Å². The van der Waals surface area contributed by atoms with Gasteiger partial charge in [-0.05, 0) is 38.9 Å². The lowest BCUT2D eigenvalue weighted by Crippen LogP contribution is -2.51. The fourth-order valence-electron chi connectivity index (χ4n) is 2.87. The second-order valence-corrected chi connectivity index (χ2v) is 14.3. The quantitative estimate of drug-likeness (QED) is 0.398. The summed E-state index contributed by atoms with van der Waals surface area (Å²) >= 11 is 0. The van der Waals surface area contributed by atoms with Crippen LogP contribution < -0.4 is 0 Å². The van der Waals surface area contributed by atoms with Gasteiger partial charge in [0.2, 0.25) is 0 Å². The second kappa shape index (κ2) is 8.30. The minimum Gasteiger partial charge on any atom is -0.467 e. The summed E-state index contributed by atoms with van der Waals surface area (Å²) in [4.78, 5) is 37.8. The summed E-state index contributed by atoms with van der Waals surface area (Å²) in [5, 5.41) is -0.0428. The number of ether oxygens (including phenoxy) is 2. The van der Waals surface area contributed by atoms with E-state index in [9.17, 15) is 14.4 Å². The number of aldehydes is 1. The molecule has 0 unspecified atom stereocenters. The summed E-state index contributed by atoms with van der Waals surface area (Å²) < 4.78 is 16.9. The molecule has 0 radical (unpaired) electrons. The number of rotatable bonds is 5.